The van der Waals surface area contributed by atoms with Crippen molar-refractivity contribution in [3.8, 4) is 0 Å². The largest absolute Gasteiger partial charge is 0.384 e. The number of ether oxygens (including phenoxy) is 1. The van der Waals surface area contributed by atoms with Gasteiger partial charge in [0.05, 0.1) is 13.2 Å². The molecule has 1 aliphatic heterocycles. The molecule has 0 spiro atoms. The summed E-state index contributed by atoms with van der Waals surface area (Å²) in [4.78, 5) is 6.71. The third-order valence-corrected chi connectivity index (χ3v) is 3.02. The predicted molar refractivity (Wildman–Crippen MR) is 62.6 cm³/mol. The Hall–Kier alpha value is -0.980. The molecular formula is C11H20N4O2. The average Bonchev–Trinajstić information content (AvgIpc) is 2.77. The van der Waals surface area contributed by atoms with Crippen LogP contribution in [0.2, 0.25) is 0 Å². The zero-order valence-electron chi connectivity index (χ0n) is 10.5. The van der Waals surface area contributed by atoms with E-state index in [1.165, 1.54) is 0 Å². The quantitative estimate of drug-likeness (QED) is 0.785. The zero-order valence-corrected chi connectivity index (χ0v) is 10.5. The SMILES string of the molecule is COCCc1noc(CN2CCNC[C@@H]2C)n1. The normalized spacial score (nSPS) is 21.9. The van der Waals surface area contributed by atoms with E-state index in [1.807, 2.05) is 0 Å². The van der Waals surface area contributed by atoms with Crippen molar-refractivity contribution in [2.75, 3.05) is 33.4 Å². The van der Waals surface area contributed by atoms with E-state index in [0.29, 0.717) is 25.0 Å². The Bertz CT molecular complexity index is 342. The summed E-state index contributed by atoms with van der Waals surface area (Å²) in [6.45, 7) is 6.64. The van der Waals surface area contributed by atoms with Crippen LogP contribution in [0.5, 0.6) is 0 Å². The fourth-order valence-electron chi connectivity index (χ4n) is 1.94. The Morgan fingerprint density at radius 2 is 2.47 bits per heavy atom. The van der Waals surface area contributed by atoms with Crippen molar-refractivity contribution in [3.05, 3.63) is 11.7 Å². The van der Waals surface area contributed by atoms with Crippen molar-refractivity contribution in [3.63, 3.8) is 0 Å². The topological polar surface area (TPSA) is 63.4 Å². The van der Waals surface area contributed by atoms with E-state index in [2.05, 4.69) is 27.3 Å². The van der Waals surface area contributed by atoms with Gasteiger partial charge in [0.1, 0.15) is 0 Å². The standard InChI is InChI=1S/C11H20N4O2/c1-9-7-12-4-5-15(9)8-11-13-10(14-17-11)3-6-16-2/h9,12H,3-8H2,1-2H3/t9-/m0/s1. The third kappa shape index (κ3) is 3.49. The van der Waals surface area contributed by atoms with Gasteiger partial charge in [0.25, 0.3) is 0 Å². The highest BCUT2D eigenvalue weighted by atomic mass is 16.5. The minimum Gasteiger partial charge on any atom is -0.384 e. The molecule has 1 fully saturated rings. The number of piperazine rings is 1. The highest BCUT2D eigenvalue weighted by molar-refractivity contribution is 4.88. The lowest BCUT2D eigenvalue weighted by Crippen LogP contribution is -2.49. The van der Waals surface area contributed by atoms with Crippen LogP contribution in [-0.4, -0.2) is 54.4 Å². The van der Waals surface area contributed by atoms with Crippen LogP contribution in [0.1, 0.15) is 18.6 Å². The number of nitrogens with zero attached hydrogens (tertiary/aromatic N) is 3. The van der Waals surface area contributed by atoms with Gasteiger partial charge in [-0.1, -0.05) is 5.16 Å². The fraction of sp³-hybridized carbons (Fsp3) is 0.818. The summed E-state index contributed by atoms with van der Waals surface area (Å²) < 4.78 is 10.2. The lowest BCUT2D eigenvalue weighted by atomic mass is 10.2. The number of hydrogen-bond acceptors (Lipinski definition) is 6. The molecule has 1 saturated heterocycles. The molecule has 0 aromatic carbocycles. The number of methoxy groups -OCH3 is 1. The van der Waals surface area contributed by atoms with E-state index in [1.54, 1.807) is 7.11 Å². The molecule has 1 atom stereocenters. The van der Waals surface area contributed by atoms with Crippen LogP contribution in [-0.2, 0) is 17.7 Å². The van der Waals surface area contributed by atoms with E-state index >= 15 is 0 Å². The van der Waals surface area contributed by atoms with Crippen LogP contribution in [0.3, 0.4) is 0 Å². The molecule has 2 rings (SSSR count). The summed E-state index contributed by atoms with van der Waals surface area (Å²) in [5.41, 5.74) is 0. The van der Waals surface area contributed by atoms with Crippen molar-refractivity contribution in [2.24, 2.45) is 0 Å². The first-order valence-electron chi connectivity index (χ1n) is 6.04. The van der Waals surface area contributed by atoms with Crippen LogP contribution in [0.15, 0.2) is 4.52 Å². The predicted octanol–water partition coefficient (Wildman–Crippen LogP) is 0.0522. The maximum atomic E-state index is 5.23. The molecule has 1 aromatic rings. The second-order valence-corrected chi connectivity index (χ2v) is 4.37. The Kier molecular flexibility index (Phi) is 4.47. The minimum absolute atomic E-state index is 0.512. The van der Waals surface area contributed by atoms with Crippen molar-refractivity contribution in [1.29, 1.82) is 0 Å². The van der Waals surface area contributed by atoms with Gasteiger partial charge < -0.3 is 14.6 Å². The molecule has 0 bridgehead atoms. The Morgan fingerprint density at radius 3 is 3.24 bits per heavy atom. The second kappa shape index (κ2) is 6.09. The summed E-state index contributed by atoms with van der Waals surface area (Å²) in [5, 5.41) is 7.29. The first-order chi connectivity index (χ1) is 8.29. The lowest BCUT2D eigenvalue weighted by molar-refractivity contribution is 0.146. The van der Waals surface area contributed by atoms with Gasteiger partial charge >= 0.3 is 0 Å². The maximum absolute atomic E-state index is 5.23. The van der Waals surface area contributed by atoms with E-state index < -0.39 is 0 Å². The van der Waals surface area contributed by atoms with Gasteiger partial charge in [-0.15, -0.1) is 0 Å². The van der Waals surface area contributed by atoms with Gasteiger partial charge in [-0.3, -0.25) is 4.90 Å². The fourth-order valence-corrected chi connectivity index (χ4v) is 1.94. The van der Waals surface area contributed by atoms with E-state index in [0.717, 1.165) is 32.0 Å². The summed E-state index contributed by atoms with van der Waals surface area (Å²) in [6, 6.07) is 0.512. The van der Waals surface area contributed by atoms with Crippen molar-refractivity contribution < 1.29 is 9.26 Å². The summed E-state index contributed by atoms with van der Waals surface area (Å²) in [6.07, 6.45) is 0.705. The van der Waals surface area contributed by atoms with Gasteiger partial charge in [-0.2, -0.15) is 4.98 Å². The van der Waals surface area contributed by atoms with Crippen molar-refractivity contribution in [1.82, 2.24) is 20.4 Å². The summed E-state index contributed by atoms with van der Waals surface area (Å²) in [5.74, 6) is 1.43. The summed E-state index contributed by atoms with van der Waals surface area (Å²) >= 11 is 0. The molecule has 0 unspecified atom stereocenters. The van der Waals surface area contributed by atoms with Gasteiger partial charge in [-0.25, -0.2) is 0 Å². The molecule has 96 valence electrons. The molecule has 17 heavy (non-hydrogen) atoms. The molecule has 0 radical (unpaired) electrons. The van der Waals surface area contributed by atoms with Crippen LogP contribution in [0.25, 0.3) is 0 Å². The Labute approximate surface area is 101 Å². The van der Waals surface area contributed by atoms with Gasteiger partial charge in [0.2, 0.25) is 5.89 Å². The maximum Gasteiger partial charge on any atom is 0.240 e. The molecule has 6 nitrogen and oxygen atoms in total. The molecule has 2 heterocycles. The molecule has 6 heteroatoms. The van der Waals surface area contributed by atoms with E-state index in [9.17, 15) is 0 Å². The van der Waals surface area contributed by atoms with Crippen LogP contribution in [0, 0.1) is 0 Å². The zero-order chi connectivity index (χ0) is 12.1. The van der Waals surface area contributed by atoms with Crippen molar-refractivity contribution >= 4 is 0 Å². The molecule has 0 amide bonds. The molecule has 0 saturated carbocycles. The van der Waals surface area contributed by atoms with Crippen molar-refractivity contribution in [2.45, 2.75) is 25.9 Å². The van der Waals surface area contributed by atoms with E-state index in [-0.39, 0.29) is 0 Å². The molecular weight excluding hydrogens is 220 g/mol. The Morgan fingerprint density at radius 1 is 1.59 bits per heavy atom. The molecule has 1 N–H and O–H groups in total. The first kappa shape index (κ1) is 12.5. The second-order valence-electron chi connectivity index (χ2n) is 4.37. The molecule has 1 aliphatic rings. The molecule has 0 aliphatic carbocycles. The van der Waals surface area contributed by atoms with E-state index in [4.69, 9.17) is 9.26 Å². The number of aromatic nitrogens is 2. The monoisotopic (exact) mass is 240 g/mol. The number of hydrogen-bond donors (Lipinski definition) is 1. The molecule has 1 aromatic heterocycles. The first-order valence-corrected chi connectivity index (χ1v) is 6.04. The van der Waals surface area contributed by atoms with Gasteiger partial charge in [0, 0.05) is 39.2 Å². The Balaban J connectivity index is 1.87. The summed E-state index contributed by atoms with van der Waals surface area (Å²) in [7, 11) is 1.67. The van der Waals surface area contributed by atoms with Crippen LogP contribution < -0.4 is 5.32 Å². The average molecular weight is 240 g/mol. The van der Waals surface area contributed by atoms with Crippen LogP contribution >= 0.6 is 0 Å². The lowest BCUT2D eigenvalue weighted by Gasteiger charge is -2.32. The third-order valence-electron chi connectivity index (χ3n) is 3.02. The highest BCUT2D eigenvalue weighted by Crippen LogP contribution is 2.08. The van der Waals surface area contributed by atoms with Crippen LogP contribution in [0.4, 0.5) is 0 Å². The highest BCUT2D eigenvalue weighted by Gasteiger charge is 2.20. The number of nitrogens with one attached hydrogen (secondary N) is 1. The minimum atomic E-state index is 0.512. The number of rotatable bonds is 5. The smallest absolute Gasteiger partial charge is 0.240 e. The van der Waals surface area contributed by atoms with Gasteiger partial charge in [0.15, 0.2) is 5.82 Å². The van der Waals surface area contributed by atoms with Gasteiger partial charge in [-0.05, 0) is 6.92 Å².